The number of benzene rings is 1. The Morgan fingerprint density at radius 1 is 1.20 bits per heavy atom. The summed E-state index contributed by atoms with van der Waals surface area (Å²) in [7, 11) is 0. The van der Waals surface area contributed by atoms with Gasteiger partial charge in [-0.3, -0.25) is 0 Å². The first-order valence-corrected chi connectivity index (χ1v) is 7.00. The number of aliphatic hydroxyl groups is 3. The van der Waals surface area contributed by atoms with Crippen LogP contribution in [0, 0.1) is 0 Å². The van der Waals surface area contributed by atoms with Crippen molar-refractivity contribution >= 4 is 0 Å². The second-order valence-corrected chi connectivity index (χ2v) is 5.55. The van der Waals surface area contributed by atoms with Crippen molar-refractivity contribution in [2.45, 2.75) is 50.0 Å². The Morgan fingerprint density at radius 3 is 2.70 bits per heavy atom. The zero-order chi connectivity index (χ0) is 14.2. The molecule has 0 aliphatic carbocycles. The van der Waals surface area contributed by atoms with Crippen LogP contribution in [0.25, 0.3) is 0 Å². The maximum absolute atomic E-state index is 10.3. The van der Waals surface area contributed by atoms with Gasteiger partial charge in [-0.1, -0.05) is 24.3 Å². The molecule has 3 rings (SSSR count). The number of hydrogen-bond donors (Lipinski definition) is 3. The van der Waals surface area contributed by atoms with E-state index in [1.165, 1.54) is 0 Å². The van der Waals surface area contributed by atoms with Crippen molar-refractivity contribution in [2.75, 3.05) is 6.61 Å². The molecule has 0 bridgehead atoms. The van der Waals surface area contributed by atoms with Gasteiger partial charge in [-0.15, -0.1) is 0 Å². The average Bonchev–Trinajstić information content (AvgIpc) is 2.45. The molecule has 0 radical (unpaired) electrons. The summed E-state index contributed by atoms with van der Waals surface area (Å²) in [6, 6.07) is 7.85. The third-order valence-corrected chi connectivity index (χ3v) is 4.16. The zero-order valence-corrected chi connectivity index (χ0v) is 11.2. The number of hydrogen-bond acceptors (Lipinski definition) is 5. The van der Waals surface area contributed by atoms with Crippen LogP contribution in [-0.4, -0.2) is 46.0 Å². The van der Waals surface area contributed by atoms with Crippen molar-refractivity contribution in [3.05, 3.63) is 35.4 Å². The molecule has 1 aromatic carbocycles. The molecule has 4 atom stereocenters. The number of ether oxygens (including phenoxy) is 2. The summed E-state index contributed by atoms with van der Waals surface area (Å²) in [6.07, 6.45) is -1.13. The van der Waals surface area contributed by atoms with Crippen molar-refractivity contribution in [1.29, 1.82) is 0 Å². The minimum atomic E-state index is -1.20. The van der Waals surface area contributed by atoms with E-state index in [2.05, 4.69) is 0 Å². The lowest BCUT2D eigenvalue weighted by molar-refractivity contribution is -0.349. The summed E-state index contributed by atoms with van der Waals surface area (Å²) < 4.78 is 11.7. The Balaban J connectivity index is 1.87. The summed E-state index contributed by atoms with van der Waals surface area (Å²) in [5, 5.41) is 29.4. The van der Waals surface area contributed by atoms with Crippen LogP contribution in [0.3, 0.4) is 0 Å². The van der Waals surface area contributed by atoms with Gasteiger partial charge in [0.05, 0.1) is 18.8 Å². The topological polar surface area (TPSA) is 79.2 Å². The Hall–Kier alpha value is -0.980. The average molecular weight is 280 g/mol. The zero-order valence-electron chi connectivity index (χ0n) is 11.2. The summed E-state index contributed by atoms with van der Waals surface area (Å²) in [6.45, 7) is 0.339. The predicted molar refractivity (Wildman–Crippen MR) is 70.9 cm³/mol. The number of fused-ring (bicyclic) bond motifs is 1. The van der Waals surface area contributed by atoms with Crippen molar-refractivity contribution in [1.82, 2.24) is 0 Å². The minimum absolute atomic E-state index is 0.0137. The highest BCUT2D eigenvalue weighted by molar-refractivity contribution is 5.30. The molecule has 2 aliphatic heterocycles. The quantitative estimate of drug-likeness (QED) is 0.728. The first kappa shape index (κ1) is 14.0. The van der Waals surface area contributed by atoms with E-state index < -0.39 is 18.0 Å². The lowest BCUT2D eigenvalue weighted by atomic mass is 9.86. The van der Waals surface area contributed by atoms with Gasteiger partial charge in [-0.05, 0) is 17.5 Å². The van der Waals surface area contributed by atoms with Gasteiger partial charge in [0.15, 0.2) is 0 Å². The van der Waals surface area contributed by atoms with E-state index in [1.807, 2.05) is 24.3 Å². The van der Waals surface area contributed by atoms with Gasteiger partial charge < -0.3 is 24.8 Å². The molecular weight excluding hydrogens is 260 g/mol. The molecule has 110 valence electrons. The molecule has 20 heavy (non-hydrogen) atoms. The molecule has 1 saturated heterocycles. The summed E-state index contributed by atoms with van der Waals surface area (Å²) in [5.74, 6) is -1.20. The third kappa shape index (κ3) is 2.36. The van der Waals surface area contributed by atoms with E-state index in [-0.39, 0.29) is 12.7 Å². The summed E-state index contributed by atoms with van der Waals surface area (Å²) in [4.78, 5) is 0. The van der Waals surface area contributed by atoms with E-state index in [9.17, 15) is 10.2 Å². The van der Waals surface area contributed by atoms with Crippen LogP contribution in [0.1, 0.15) is 24.0 Å². The van der Waals surface area contributed by atoms with Crippen LogP contribution >= 0.6 is 0 Å². The van der Waals surface area contributed by atoms with E-state index in [0.29, 0.717) is 25.9 Å². The Bertz CT molecular complexity index is 477. The molecule has 1 fully saturated rings. The van der Waals surface area contributed by atoms with E-state index >= 15 is 0 Å². The Morgan fingerprint density at radius 2 is 1.95 bits per heavy atom. The van der Waals surface area contributed by atoms with Gasteiger partial charge >= 0.3 is 0 Å². The van der Waals surface area contributed by atoms with E-state index in [4.69, 9.17) is 14.6 Å². The van der Waals surface area contributed by atoms with Gasteiger partial charge in [0.1, 0.15) is 6.10 Å². The van der Waals surface area contributed by atoms with Gasteiger partial charge in [0, 0.05) is 19.4 Å². The van der Waals surface area contributed by atoms with Crippen molar-refractivity contribution in [3.8, 4) is 0 Å². The van der Waals surface area contributed by atoms with Gasteiger partial charge in [-0.25, -0.2) is 0 Å². The molecule has 1 aromatic rings. The molecule has 0 amide bonds. The molecule has 2 aliphatic rings. The van der Waals surface area contributed by atoms with Crippen LogP contribution in [0.2, 0.25) is 0 Å². The van der Waals surface area contributed by atoms with Crippen molar-refractivity contribution in [3.63, 3.8) is 0 Å². The monoisotopic (exact) mass is 280 g/mol. The standard InChI is InChI=1S/C15H20O5/c16-6-5-12-7-13(17)14(18)15(20-12)8-10-3-1-2-4-11(10)9-19-15/h1-4,12-14,16-18H,5-9H2/t12?,13?,14?,15-/m0/s1. The normalized spacial score (nSPS) is 36.9. The highest BCUT2D eigenvalue weighted by Crippen LogP contribution is 2.39. The number of rotatable bonds is 2. The maximum Gasteiger partial charge on any atom is 0.201 e. The second kappa shape index (κ2) is 5.42. The highest BCUT2D eigenvalue weighted by Gasteiger charge is 2.51. The smallest absolute Gasteiger partial charge is 0.201 e. The van der Waals surface area contributed by atoms with Gasteiger partial charge in [0.25, 0.3) is 0 Å². The summed E-state index contributed by atoms with van der Waals surface area (Å²) >= 11 is 0. The van der Waals surface area contributed by atoms with E-state index in [1.54, 1.807) is 0 Å². The van der Waals surface area contributed by atoms with E-state index in [0.717, 1.165) is 11.1 Å². The third-order valence-electron chi connectivity index (χ3n) is 4.16. The molecule has 5 heteroatoms. The summed E-state index contributed by atoms with van der Waals surface area (Å²) in [5.41, 5.74) is 2.14. The lowest BCUT2D eigenvalue weighted by Gasteiger charge is -2.48. The minimum Gasteiger partial charge on any atom is -0.396 e. The highest BCUT2D eigenvalue weighted by atomic mass is 16.7. The van der Waals surface area contributed by atoms with Crippen LogP contribution in [-0.2, 0) is 22.5 Å². The van der Waals surface area contributed by atoms with Crippen molar-refractivity contribution < 1.29 is 24.8 Å². The molecular formula is C15H20O5. The molecule has 5 nitrogen and oxygen atoms in total. The maximum atomic E-state index is 10.3. The second-order valence-electron chi connectivity index (χ2n) is 5.55. The fraction of sp³-hybridized carbons (Fsp3) is 0.600. The fourth-order valence-electron chi connectivity index (χ4n) is 3.06. The van der Waals surface area contributed by atoms with Crippen LogP contribution in [0.15, 0.2) is 24.3 Å². The first-order chi connectivity index (χ1) is 9.64. The fourth-order valence-corrected chi connectivity index (χ4v) is 3.06. The molecule has 2 heterocycles. The van der Waals surface area contributed by atoms with Gasteiger partial charge in [0.2, 0.25) is 5.79 Å². The SMILES string of the molecule is OCCC1CC(O)C(O)[C@]2(Cc3ccccc3CO2)O1. The Labute approximate surface area is 117 Å². The van der Waals surface area contributed by atoms with Crippen molar-refractivity contribution in [2.24, 2.45) is 0 Å². The van der Waals surface area contributed by atoms with Gasteiger partial charge in [-0.2, -0.15) is 0 Å². The molecule has 0 saturated carbocycles. The molecule has 3 unspecified atom stereocenters. The first-order valence-electron chi connectivity index (χ1n) is 7.00. The predicted octanol–water partition coefficient (Wildman–Crippen LogP) is 0.349. The largest absolute Gasteiger partial charge is 0.396 e. The van der Waals surface area contributed by atoms with Crippen LogP contribution < -0.4 is 0 Å². The Kier molecular flexibility index (Phi) is 3.79. The molecule has 0 aromatic heterocycles. The molecule has 3 N–H and O–H groups in total. The van der Waals surface area contributed by atoms with Crippen LogP contribution in [0.5, 0.6) is 0 Å². The molecule has 1 spiro atoms. The van der Waals surface area contributed by atoms with Crippen LogP contribution in [0.4, 0.5) is 0 Å². The lowest BCUT2D eigenvalue weighted by Crippen LogP contribution is -2.61. The number of aliphatic hydroxyl groups excluding tert-OH is 3.